The first-order chi connectivity index (χ1) is 14.2. The van der Waals surface area contributed by atoms with Gasteiger partial charge in [0.2, 0.25) is 20.0 Å². The Hall–Kier alpha value is -1.68. The van der Waals surface area contributed by atoms with Gasteiger partial charge in [-0.3, -0.25) is 0 Å². The fourth-order valence-electron chi connectivity index (χ4n) is 3.44. The summed E-state index contributed by atoms with van der Waals surface area (Å²) in [4.78, 5) is 0.109. The predicted octanol–water partition coefficient (Wildman–Crippen LogP) is 3.84. The fraction of sp³-hybridized carbons (Fsp3) is 0.200. The summed E-state index contributed by atoms with van der Waals surface area (Å²) in [6.07, 6.45) is 0. The molecule has 0 unspecified atom stereocenters. The van der Waals surface area contributed by atoms with Crippen LogP contribution in [0.25, 0.3) is 10.8 Å². The quantitative estimate of drug-likeness (QED) is 0.563. The van der Waals surface area contributed by atoms with Crippen molar-refractivity contribution in [1.82, 2.24) is 8.61 Å². The number of benzene rings is 3. The lowest BCUT2D eigenvalue weighted by Crippen LogP contribution is -2.50. The third-order valence-corrected chi connectivity index (χ3v) is 9.58. The van der Waals surface area contributed by atoms with Crippen molar-refractivity contribution in [3.8, 4) is 0 Å². The van der Waals surface area contributed by atoms with E-state index in [1.54, 1.807) is 18.2 Å². The molecule has 10 heteroatoms. The van der Waals surface area contributed by atoms with E-state index in [9.17, 15) is 16.8 Å². The van der Waals surface area contributed by atoms with Gasteiger partial charge in [0.1, 0.15) is 4.90 Å². The first kappa shape index (κ1) is 21.5. The third-order valence-electron chi connectivity index (χ3n) is 5.07. The van der Waals surface area contributed by atoms with Gasteiger partial charge in [-0.1, -0.05) is 53.5 Å². The smallest absolute Gasteiger partial charge is 0.207 e. The SMILES string of the molecule is O=S(=O)(c1ccc2ccccc2c1)N1CCN(S(=O)(=O)c2cc(Cl)ccc2Cl)CC1. The van der Waals surface area contributed by atoms with E-state index in [1.165, 1.54) is 26.8 Å². The van der Waals surface area contributed by atoms with Crippen molar-refractivity contribution in [3.63, 3.8) is 0 Å². The van der Waals surface area contributed by atoms with Gasteiger partial charge in [0.15, 0.2) is 0 Å². The second-order valence-electron chi connectivity index (χ2n) is 6.89. The van der Waals surface area contributed by atoms with Crippen LogP contribution in [0.15, 0.2) is 70.5 Å². The van der Waals surface area contributed by atoms with Crippen molar-refractivity contribution >= 4 is 54.0 Å². The first-order valence-corrected chi connectivity index (χ1v) is 12.8. The molecule has 30 heavy (non-hydrogen) atoms. The Labute approximate surface area is 185 Å². The van der Waals surface area contributed by atoms with Crippen LogP contribution in [0.4, 0.5) is 0 Å². The maximum atomic E-state index is 13.1. The maximum Gasteiger partial charge on any atom is 0.244 e. The van der Waals surface area contributed by atoms with Crippen molar-refractivity contribution in [2.24, 2.45) is 0 Å². The normalized spacial score (nSPS) is 16.7. The number of hydrogen-bond donors (Lipinski definition) is 0. The number of sulfonamides is 2. The van der Waals surface area contributed by atoms with Crippen LogP contribution < -0.4 is 0 Å². The fourth-order valence-corrected chi connectivity index (χ4v) is 7.06. The molecule has 0 aromatic heterocycles. The van der Waals surface area contributed by atoms with E-state index in [4.69, 9.17) is 23.2 Å². The van der Waals surface area contributed by atoms with Crippen LogP contribution >= 0.6 is 23.2 Å². The lowest BCUT2D eigenvalue weighted by atomic mass is 10.1. The van der Waals surface area contributed by atoms with Crippen molar-refractivity contribution in [3.05, 3.63) is 70.7 Å². The molecule has 0 bridgehead atoms. The van der Waals surface area contributed by atoms with E-state index in [0.29, 0.717) is 0 Å². The molecule has 0 aliphatic carbocycles. The lowest BCUT2D eigenvalue weighted by molar-refractivity contribution is 0.273. The molecule has 3 aromatic rings. The Morgan fingerprint density at radius 2 is 1.27 bits per heavy atom. The topological polar surface area (TPSA) is 74.8 Å². The number of hydrogen-bond acceptors (Lipinski definition) is 4. The van der Waals surface area contributed by atoms with E-state index >= 15 is 0 Å². The minimum absolute atomic E-state index is 0.0258. The van der Waals surface area contributed by atoms with Crippen LogP contribution in [-0.4, -0.2) is 51.6 Å². The maximum absolute atomic E-state index is 13.1. The van der Waals surface area contributed by atoms with Gasteiger partial charge in [-0.15, -0.1) is 0 Å². The molecule has 0 radical (unpaired) electrons. The molecule has 1 aliphatic rings. The molecule has 4 rings (SSSR count). The molecule has 0 atom stereocenters. The zero-order valence-electron chi connectivity index (χ0n) is 15.7. The Kier molecular flexibility index (Phi) is 5.82. The predicted molar refractivity (Wildman–Crippen MR) is 118 cm³/mol. The van der Waals surface area contributed by atoms with E-state index in [-0.39, 0.29) is 46.0 Å². The molecule has 0 saturated carbocycles. The van der Waals surface area contributed by atoms with Gasteiger partial charge in [-0.25, -0.2) is 16.8 Å². The summed E-state index contributed by atoms with van der Waals surface area (Å²) in [5.74, 6) is 0. The average molecular weight is 485 g/mol. The summed E-state index contributed by atoms with van der Waals surface area (Å²) in [5, 5.41) is 2.11. The van der Waals surface area contributed by atoms with E-state index < -0.39 is 20.0 Å². The molecule has 1 fully saturated rings. The molecule has 0 amide bonds. The molecule has 1 heterocycles. The number of fused-ring (bicyclic) bond motifs is 1. The van der Waals surface area contributed by atoms with Gasteiger partial charge in [-0.05, 0) is 41.1 Å². The number of rotatable bonds is 4. The number of piperazine rings is 1. The third kappa shape index (κ3) is 3.95. The summed E-state index contributed by atoms with van der Waals surface area (Å²) in [6, 6.07) is 16.7. The van der Waals surface area contributed by atoms with E-state index in [1.807, 2.05) is 24.3 Å². The summed E-state index contributed by atoms with van der Waals surface area (Å²) in [5.41, 5.74) is 0. The van der Waals surface area contributed by atoms with Crippen LogP contribution in [0.2, 0.25) is 10.0 Å². The molecule has 3 aromatic carbocycles. The highest BCUT2D eigenvalue weighted by molar-refractivity contribution is 7.89. The standard InChI is InChI=1S/C20H18Cl2N2O4S2/c21-17-6-8-19(22)20(14-17)30(27,28)24-11-9-23(10-12-24)29(25,26)18-7-5-15-3-1-2-4-16(15)13-18/h1-8,13-14H,9-12H2. The van der Waals surface area contributed by atoms with Crippen molar-refractivity contribution in [1.29, 1.82) is 0 Å². The van der Waals surface area contributed by atoms with Gasteiger partial charge in [-0.2, -0.15) is 8.61 Å². The van der Waals surface area contributed by atoms with E-state index in [0.717, 1.165) is 10.8 Å². The Morgan fingerprint density at radius 1 is 0.667 bits per heavy atom. The Morgan fingerprint density at radius 3 is 1.93 bits per heavy atom. The van der Waals surface area contributed by atoms with Gasteiger partial charge < -0.3 is 0 Å². The second-order valence-corrected chi connectivity index (χ2v) is 11.6. The molecule has 0 spiro atoms. The number of halogens is 2. The minimum atomic E-state index is -3.88. The molecular formula is C20H18Cl2N2O4S2. The largest absolute Gasteiger partial charge is 0.244 e. The van der Waals surface area contributed by atoms with Crippen LogP contribution in [0.3, 0.4) is 0 Å². The highest BCUT2D eigenvalue weighted by Crippen LogP contribution is 2.29. The highest BCUT2D eigenvalue weighted by atomic mass is 35.5. The van der Waals surface area contributed by atoms with Crippen molar-refractivity contribution in [2.75, 3.05) is 26.2 Å². The van der Waals surface area contributed by atoms with Crippen molar-refractivity contribution in [2.45, 2.75) is 9.79 Å². The molecular weight excluding hydrogens is 467 g/mol. The summed E-state index contributed by atoms with van der Waals surface area (Å²) in [6.45, 7) is 0.148. The summed E-state index contributed by atoms with van der Waals surface area (Å²) in [7, 11) is -7.62. The van der Waals surface area contributed by atoms with Gasteiger partial charge >= 0.3 is 0 Å². The summed E-state index contributed by atoms with van der Waals surface area (Å²) < 4.78 is 54.6. The molecule has 0 N–H and O–H groups in total. The number of nitrogens with zero attached hydrogens (tertiary/aromatic N) is 2. The van der Waals surface area contributed by atoms with Gasteiger partial charge in [0.05, 0.1) is 9.92 Å². The zero-order chi connectivity index (χ0) is 21.5. The second kappa shape index (κ2) is 8.11. The lowest BCUT2D eigenvalue weighted by Gasteiger charge is -2.33. The molecule has 158 valence electrons. The van der Waals surface area contributed by atoms with Crippen LogP contribution in [0, 0.1) is 0 Å². The van der Waals surface area contributed by atoms with Gasteiger partial charge in [0, 0.05) is 31.2 Å². The zero-order valence-corrected chi connectivity index (χ0v) is 18.8. The molecule has 1 aliphatic heterocycles. The van der Waals surface area contributed by atoms with Crippen LogP contribution in [0.1, 0.15) is 0 Å². The Bertz CT molecular complexity index is 1320. The highest BCUT2D eigenvalue weighted by Gasteiger charge is 2.34. The van der Waals surface area contributed by atoms with Crippen molar-refractivity contribution < 1.29 is 16.8 Å². The van der Waals surface area contributed by atoms with Crippen LogP contribution in [-0.2, 0) is 20.0 Å². The minimum Gasteiger partial charge on any atom is -0.207 e. The van der Waals surface area contributed by atoms with Crippen LogP contribution in [0.5, 0.6) is 0 Å². The monoisotopic (exact) mass is 484 g/mol. The van der Waals surface area contributed by atoms with Gasteiger partial charge in [0.25, 0.3) is 0 Å². The molecule has 6 nitrogen and oxygen atoms in total. The molecule has 1 saturated heterocycles. The first-order valence-electron chi connectivity index (χ1n) is 9.14. The average Bonchev–Trinajstić information content (AvgIpc) is 2.75. The summed E-state index contributed by atoms with van der Waals surface area (Å²) >= 11 is 12.0. The Balaban J connectivity index is 1.55. The van der Waals surface area contributed by atoms with E-state index in [2.05, 4.69) is 0 Å².